The van der Waals surface area contributed by atoms with E-state index in [2.05, 4.69) is 10.4 Å². The van der Waals surface area contributed by atoms with Crippen LogP contribution >= 0.6 is 0 Å². The second-order valence-electron chi connectivity index (χ2n) is 6.78. The number of ether oxygens (including phenoxy) is 1. The van der Waals surface area contributed by atoms with Gasteiger partial charge in [0, 0.05) is 13.6 Å². The summed E-state index contributed by atoms with van der Waals surface area (Å²) < 4.78 is 19.4. The number of halogens is 1. The Hall–Kier alpha value is -2.37. The van der Waals surface area contributed by atoms with E-state index in [1.165, 1.54) is 0 Å². The lowest BCUT2D eigenvalue weighted by Crippen LogP contribution is -2.25. The van der Waals surface area contributed by atoms with Gasteiger partial charge in [-0.3, -0.25) is 13.9 Å². The summed E-state index contributed by atoms with van der Waals surface area (Å²) in [5, 5.41) is 7.11. The zero-order valence-electron chi connectivity index (χ0n) is 16.3. The van der Waals surface area contributed by atoms with Gasteiger partial charge in [0.2, 0.25) is 0 Å². The third-order valence-electron chi connectivity index (χ3n) is 4.38. The molecule has 0 bridgehead atoms. The van der Waals surface area contributed by atoms with Crippen molar-refractivity contribution >= 4 is 5.91 Å². The smallest absolute Gasteiger partial charge is 0.269 e. The summed E-state index contributed by atoms with van der Waals surface area (Å²) in [4.78, 5) is 12.3. The molecule has 0 aliphatic carbocycles. The molecule has 0 radical (unpaired) electrons. The van der Waals surface area contributed by atoms with Crippen molar-refractivity contribution in [1.29, 1.82) is 0 Å². The Balaban J connectivity index is 1.70. The molecular weight excluding hydrogens is 345 g/mol. The molecule has 0 aliphatic heterocycles. The number of aryl methyl sites for hydroxylation is 2. The molecule has 1 heterocycles. The number of alkyl halides is 1. The first-order valence-corrected chi connectivity index (χ1v) is 9.66. The predicted molar refractivity (Wildman–Crippen MR) is 105 cm³/mol. The molecule has 148 valence electrons. The zero-order chi connectivity index (χ0) is 19.5. The Morgan fingerprint density at radius 2 is 1.89 bits per heavy atom. The summed E-state index contributed by atoms with van der Waals surface area (Å²) in [6.45, 7) is 2.77. The Morgan fingerprint density at radius 3 is 2.59 bits per heavy atom. The molecule has 1 aromatic carbocycles. The van der Waals surface area contributed by atoms with Gasteiger partial charge in [0.15, 0.2) is 0 Å². The number of unbranched alkanes of at least 4 members (excludes halogenated alkanes) is 5. The molecule has 2 aromatic rings. The van der Waals surface area contributed by atoms with Crippen LogP contribution in [0.1, 0.15) is 60.3 Å². The summed E-state index contributed by atoms with van der Waals surface area (Å²) in [6.07, 6.45) is 5.98. The normalized spacial score (nSPS) is 10.8. The van der Waals surface area contributed by atoms with Crippen LogP contribution < -0.4 is 10.1 Å². The predicted octanol–water partition coefficient (Wildman–Crippen LogP) is 4.35. The standard InChI is InChI=1S/C21H30FN3O2/c1-17-14-20(25(2)24-17)21(26)23-16-18-10-9-11-19(15-18)27-13-8-6-4-3-5-7-12-22/h9-11,14-15H,3-8,12-13,16H2,1-2H3,(H,23,26). The molecule has 0 saturated carbocycles. The molecule has 0 atom stereocenters. The van der Waals surface area contributed by atoms with Crippen molar-refractivity contribution in [2.75, 3.05) is 13.3 Å². The highest BCUT2D eigenvalue weighted by molar-refractivity contribution is 5.92. The highest BCUT2D eigenvalue weighted by atomic mass is 19.1. The van der Waals surface area contributed by atoms with E-state index in [0.717, 1.165) is 49.1 Å². The van der Waals surface area contributed by atoms with E-state index >= 15 is 0 Å². The zero-order valence-corrected chi connectivity index (χ0v) is 16.3. The average molecular weight is 375 g/mol. The van der Waals surface area contributed by atoms with Crippen LogP contribution in [0.3, 0.4) is 0 Å². The molecule has 27 heavy (non-hydrogen) atoms. The number of hydrogen-bond donors (Lipinski definition) is 1. The number of rotatable bonds is 12. The minimum absolute atomic E-state index is 0.141. The first-order chi connectivity index (χ1) is 13.1. The van der Waals surface area contributed by atoms with Gasteiger partial charge in [-0.15, -0.1) is 0 Å². The maximum Gasteiger partial charge on any atom is 0.269 e. The van der Waals surface area contributed by atoms with Gasteiger partial charge in [-0.1, -0.05) is 37.8 Å². The maximum absolute atomic E-state index is 12.3. The number of benzene rings is 1. The molecule has 0 unspecified atom stereocenters. The van der Waals surface area contributed by atoms with E-state index in [1.807, 2.05) is 31.2 Å². The minimum atomic E-state index is -0.207. The van der Waals surface area contributed by atoms with E-state index < -0.39 is 0 Å². The fourth-order valence-electron chi connectivity index (χ4n) is 2.93. The molecule has 2 rings (SSSR count). The highest BCUT2D eigenvalue weighted by Crippen LogP contribution is 2.15. The fraction of sp³-hybridized carbons (Fsp3) is 0.524. The van der Waals surface area contributed by atoms with Crippen LogP contribution in [0.25, 0.3) is 0 Å². The van der Waals surface area contributed by atoms with Crippen molar-refractivity contribution in [3.8, 4) is 5.75 Å². The molecule has 6 heteroatoms. The molecular formula is C21H30FN3O2. The lowest BCUT2D eigenvalue weighted by atomic mass is 10.1. The van der Waals surface area contributed by atoms with Crippen LogP contribution in [0.5, 0.6) is 5.75 Å². The van der Waals surface area contributed by atoms with Crippen LogP contribution in [-0.4, -0.2) is 29.0 Å². The highest BCUT2D eigenvalue weighted by Gasteiger charge is 2.11. The average Bonchev–Trinajstić information content (AvgIpc) is 3.00. The minimum Gasteiger partial charge on any atom is -0.494 e. The maximum atomic E-state index is 12.3. The third-order valence-corrected chi connectivity index (χ3v) is 4.38. The summed E-state index contributed by atoms with van der Waals surface area (Å²) in [7, 11) is 1.76. The summed E-state index contributed by atoms with van der Waals surface area (Å²) >= 11 is 0. The number of carbonyl (C=O) groups excluding carboxylic acids is 1. The Morgan fingerprint density at radius 1 is 1.15 bits per heavy atom. The van der Waals surface area contributed by atoms with Crippen molar-refractivity contribution < 1.29 is 13.9 Å². The summed E-state index contributed by atoms with van der Waals surface area (Å²) in [5.74, 6) is 0.674. The topological polar surface area (TPSA) is 56.1 Å². The van der Waals surface area contributed by atoms with Crippen molar-refractivity contribution in [2.45, 2.75) is 52.0 Å². The molecule has 5 nitrogen and oxygen atoms in total. The van der Waals surface area contributed by atoms with Gasteiger partial charge in [-0.25, -0.2) is 0 Å². The number of hydrogen-bond acceptors (Lipinski definition) is 3. The Labute approximate surface area is 160 Å². The SMILES string of the molecule is Cc1cc(C(=O)NCc2cccc(OCCCCCCCCF)c2)n(C)n1. The van der Waals surface area contributed by atoms with Gasteiger partial charge < -0.3 is 10.1 Å². The molecule has 0 saturated heterocycles. The van der Waals surface area contributed by atoms with E-state index in [0.29, 0.717) is 25.3 Å². The molecule has 0 aliphatic rings. The van der Waals surface area contributed by atoms with Gasteiger partial charge in [0.05, 0.1) is 19.0 Å². The number of aromatic nitrogens is 2. The van der Waals surface area contributed by atoms with E-state index in [1.54, 1.807) is 17.8 Å². The molecule has 1 aromatic heterocycles. The Kier molecular flexibility index (Phi) is 8.81. The first kappa shape index (κ1) is 20.9. The van der Waals surface area contributed by atoms with Crippen molar-refractivity contribution in [2.24, 2.45) is 7.05 Å². The summed E-state index contributed by atoms with van der Waals surface area (Å²) in [6, 6.07) is 9.55. The molecule has 1 N–H and O–H groups in total. The van der Waals surface area contributed by atoms with Gasteiger partial charge >= 0.3 is 0 Å². The van der Waals surface area contributed by atoms with Crippen LogP contribution in [0, 0.1) is 6.92 Å². The lowest BCUT2D eigenvalue weighted by molar-refractivity contribution is 0.0941. The van der Waals surface area contributed by atoms with Crippen LogP contribution in [0.15, 0.2) is 30.3 Å². The van der Waals surface area contributed by atoms with Crippen LogP contribution in [0.2, 0.25) is 0 Å². The largest absolute Gasteiger partial charge is 0.494 e. The van der Waals surface area contributed by atoms with Gasteiger partial charge in [0.1, 0.15) is 11.4 Å². The van der Waals surface area contributed by atoms with E-state index in [-0.39, 0.29) is 12.6 Å². The Bertz CT molecular complexity index is 715. The van der Waals surface area contributed by atoms with Crippen molar-refractivity contribution in [3.63, 3.8) is 0 Å². The fourth-order valence-corrected chi connectivity index (χ4v) is 2.93. The lowest BCUT2D eigenvalue weighted by Gasteiger charge is -2.09. The molecule has 0 fully saturated rings. The quantitative estimate of drug-likeness (QED) is 0.561. The van der Waals surface area contributed by atoms with Crippen LogP contribution in [-0.2, 0) is 13.6 Å². The second kappa shape index (κ2) is 11.4. The van der Waals surface area contributed by atoms with Crippen LogP contribution in [0.4, 0.5) is 4.39 Å². The summed E-state index contributed by atoms with van der Waals surface area (Å²) in [5.41, 5.74) is 2.36. The van der Waals surface area contributed by atoms with Gasteiger partial charge in [-0.05, 0) is 43.5 Å². The first-order valence-electron chi connectivity index (χ1n) is 9.66. The second-order valence-corrected chi connectivity index (χ2v) is 6.78. The van der Waals surface area contributed by atoms with Crippen molar-refractivity contribution in [1.82, 2.24) is 15.1 Å². The third kappa shape index (κ3) is 7.41. The molecule has 1 amide bonds. The van der Waals surface area contributed by atoms with E-state index in [4.69, 9.17) is 4.74 Å². The van der Waals surface area contributed by atoms with Gasteiger partial charge in [0.25, 0.3) is 5.91 Å². The number of nitrogens with zero attached hydrogens (tertiary/aromatic N) is 2. The molecule has 0 spiro atoms. The van der Waals surface area contributed by atoms with E-state index in [9.17, 15) is 9.18 Å². The van der Waals surface area contributed by atoms with Gasteiger partial charge in [-0.2, -0.15) is 5.10 Å². The number of nitrogens with one attached hydrogen (secondary N) is 1. The number of carbonyl (C=O) groups is 1. The number of amides is 1. The van der Waals surface area contributed by atoms with Crippen molar-refractivity contribution in [3.05, 3.63) is 47.3 Å². The monoisotopic (exact) mass is 375 g/mol.